The Hall–Kier alpha value is -2.49. The van der Waals surface area contributed by atoms with Crippen LogP contribution < -0.4 is 0 Å². The zero-order valence-corrected chi connectivity index (χ0v) is 8.71. The number of hydrogen-bond donors (Lipinski definition) is 3. The maximum atomic E-state index is 12.0. The van der Waals surface area contributed by atoms with Crippen LogP contribution in [0.4, 0.5) is 0 Å². The molecule has 85 valence electrons. The zero-order valence-electron chi connectivity index (χ0n) is 8.71. The zero-order chi connectivity index (χ0) is 12.4. The summed E-state index contributed by atoms with van der Waals surface area (Å²) >= 11 is 0. The molecule has 0 aliphatic heterocycles. The highest BCUT2D eigenvalue weighted by atomic mass is 16.3. The molecule has 0 aliphatic carbocycles. The first-order valence-electron chi connectivity index (χ1n) is 4.86. The molecule has 2 aromatic rings. The molecule has 0 saturated carbocycles. The summed E-state index contributed by atoms with van der Waals surface area (Å²) in [5.74, 6) is -1.60. The number of hydrogen-bond acceptors (Lipinski definition) is 4. The van der Waals surface area contributed by atoms with Gasteiger partial charge in [-0.15, -0.1) is 0 Å². The molecule has 2 rings (SSSR count). The van der Waals surface area contributed by atoms with E-state index in [0.717, 1.165) is 0 Å². The molecule has 1 radical (unpaired) electrons. The number of carbonyl (C=O) groups is 1. The lowest BCUT2D eigenvalue weighted by Gasteiger charge is -2.07. The fraction of sp³-hybridized carbons (Fsp3) is 0. The average Bonchev–Trinajstić information content (AvgIpc) is 2.29. The van der Waals surface area contributed by atoms with Crippen molar-refractivity contribution in [3.63, 3.8) is 0 Å². The lowest BCUT2D eigenvalue weighted by Crippen LogP contribution is -2.02. The van der Waals surface area contributed by atoms with E-state index < -0.39 is 5.78 Å². The third-order valence-corrected chi connectivity index (χ3v) is 2.33. The maximum Gasteiger partial charge on any atom is 0.204 e. The number of carbonyl (C=O) groups excluding carboxylic acids is 1. The van der Waals surface area contributed by atoms with Crippen molar-refractivity contribution in [1.29, 1.82) is 0 Å². The molecule has 4 nitrogen and oxygen atoms in total. The van der Waals surface area contributed by atoms with Gasteiger partial charge in [0.05, 0.1) is 5.56 Å². The first-order chi connectivity index (χ1) is 8.11. The highest BCUT2D eigenvalue weighted by Crippen LogP contribution is 2.30. The predicted molar refractivity (Wildman–Crippen MR) is 60.1 cm³/mol. The van der Waals surface area contributed by atoms with Gasteiger partial charge in [-0.3, -0.25) is 4.79 Å². The Labute approximate surface area is 97.4 Å². The van der Waals surface area contributed by atoms with Gasteiger partial charge in [0.2, 0.25) is 5.78 Å². The lowest BCUT2D eigenvalue weighted by molar-refractivity contribution is 0.103. The number of para-hydroxylation sites is 1. The topological polar surface area (TPSA) is 77.8 Å². The van der Waals surface area contributed by atoms with Crippen molar-refractivity contribution in [2.45, 2.75) is 0 Å². The molecule has 0 saturated heterocycles. The van der Waals surface area contributed by atoms with E-state index in [-0.39, 0.29) is 28.4 Å². The number of rotatable bonds is 2. The van der Waals surface area contributed by atoms with Crippen LogP contribution in [0.25, 0.3) is 0 Å². The van der Waals surface area contributed by atoms with Gasteiger partial charge in [-0.2, -0.15) is 0 Å². The van der Waals surface area contributed by atoms with E-state index in [1.54, 1.807) is 12.1 Å². The molecule has 0 unspecified atom stereocenters. The first-order valence-corrected chi connectivity index (χ1v) is 4.86. The van der Waals surface area contributed by atoms with Gasteiger partial charge < -0.3 is 15.3 Å². The van der Waals surface area contributed by atoms with Crippen molar-refractivity contribution < 1.29 is 20.1 Å². The largest absolute Gasteiger partial charge is 0.507 e. The van der Waals surface area contributed by atoms with Gasteiger partial charge in [0.25, 0.3) is 0 Å². The highest BCUT2D eigenvalue weighted by Gasteiger charge is 2.20. The number of phenols is 3. The van der Waals surface area contributed by atoms with Crippen LogP contribution in [0.5, 0.6) is 17.2 Å². The Bertz CT molecular complexity index is 555. The van der Waals surface area contributed by atoms with E-state index in [9.17, 15) is 20.1 Å². The number of ketones is 1. The van der Waals surface area contributed by atoms with Gasteiger partial charge in [-0.25, -0.2) is 0 Å². The molecule has 0 heterocycles. The maximum absolute atomic E-state index is 12.0. The van der Waals surface area contributed by atoms with E-state index in [1.165, 1.54) is 24.3 Å². The summed E-state index contributed by atoms with van der Waals surface area (Å²) in [6.45, 7) is 0. The number of phenolic OH excluding ortho intramolecular Hbond substituents is 3. The molecule has 0 bridgehead atoms. The summed E-state index contributed by atoms with van der Waals surface area (Å²) in [7, 11) is 0. The van der Waals surface area contributed by atoms with Crippen LogP contribution in [0.3, 0.4) is 0 Å². The number of benzene rings is 2. The molecule has 4 heteroatoms. The van der Waals surface area contributed by atoms with Gasteiger partial charge >= 0.3 is 0 Å². The second-order valence-electron chi connectivity index (χ2n) is 3.45. The minimum absolute atomic E-state index is 0.0179. The summed E-state index contributed by atoms with van der Waals surface area (Å²) < 4.78 is 0. The molecular formula is C13H9O4. The van der Waals surface area contributed by atoms with Gasteiger partial charge in [-0.05, 0) is 30.3 Å². The summed E-state index contributed by atoms with van der Waals surface area (Å²) in [5, 5.41) is 28.6. The van der Waals surface area contributed by atoms with Gasteiger partial charge in [-0.1, -0.05) is 12.1 Å². The quantitative estimate of drug-likeness (QED) is 0.686. The molecule has 17 heavy (non-hydrogen) atoms. The standard InChI is InChI=1S/C13H9O4/c14-9-5-2-1-4-8(9)13(17)12-10(15)6-3-7-11(12)16/h1-2,4-7,14-16H. The normalized spacial score (nSPS) is 10.1. The van der Waals surface area contributed by atoms with Gasteiger partial charge in [0.1, 0.15) is 22.8 Å². The molecule has 2 aromatic carbocycles. The molecule has 0 amide bonds. The molecule has 0 atom stereocenters. The minimum atomic E-state index is -0.646. The summed E-state index contributed by atoms with van der Waals surface area (Å²) in [6.07, 6.45) is 0. The van der Waals surface area contributed by atoms with Crippen molar-refractivity contribution in [3.05, 3.63) is 53.6 Å². The first kappa shape index (κ1) is 11.0. The molecule has 0 aliphatic rings. The monoisotopic (exact) mass is 229 g/mol. The average molecular weight is 229 g/mol. The third-order valence-electron chi connectivity index (χ3n) is 2.33. The fourth-order valence-electron chi connectivity index (χ4n) is 1.51. The minimum Gasteiger partial charge on any atom is -0.507 e. The third kappa shape index (κ3) is 1.92. The van der Waals surface area contributed by atoms with Crippen molar-refractivity contribution in [2.75, 3.05) is 0 Å². The van der Waals surface area contributed by atoms with Crippen LogP contribution in [-0.4, -0.2) is 21.1 Å². The van der Waals surface area contributed by atoms with Gasteiger partial charge in [0.15, 0.2) is 0 Å². The Balaban J connectivity index is 2.56. The van der Waals surface area contributed by atoms with Crippen molar-refractivity contribution >= 4 is 5.78 Å². The van der Waals surface area contributed by atoms with Crippen molar-refractivity contribution in [2.24, 2.45) is 0 Å². The molecular weight excluding hydrogens is 220 g/mol. The smallest absolute Gasteiger partial charge is 0.204 e. The van der Waals surface area contributed by atoms with Crippen molar-refractivity contribution in [3.8, 4) is 17.2 Å². The SMILES string of the molecule is O=C(c1ccccc1O)c1c(O)c[c]cc1O. The second kappa shape index (κ2) is 4.17. The van der Waals surface area contributed by atoms with Crippen LogP contribution >= 0.6 is 0 Å². The van der Waals surface area contributed by atoms with E-state index in [0.29, 0.717) is 0 Å². The second-order valence-corrected chi connectivity index (χ2v) is 3.45. The van der Waals surface area contributed by atoms with E-state index in [2.05, 4.69) is 6.07 Å². The van der Waals surface area contributed by atoms with Crippen LogP contribution in [0.1, 0.15) is 15.9 Å². The highest BCUT2D eigenvalue weighted by molar-refractivity contribution is 6.13. The summed E-state index contributed by atoms with van der Waals surface area (Å²) in [6, 6.07) is 10.7. The Kier molecular flexibility index (Phi) is 2.70. The van der Waals surface area contributed by atoms with Crippen molar-refractivity contribution in [1.82, 2.24) is 0 Å². The Morgan fingerprint density at radius 3 is 2.12 bits per heavy atom. The Morgan fingerprint density at radius 2 is 1.53 bits per heavy atom. The molecule has 0 aromatic heterocycles. The fourth-order valence-corrected chi connectivity index (χ4v) is 1.51. The predicted octanol–water partition coefficient (Wildman–Crippen LogP) is 1.83. The molecule has 0 spiro atoms. The van der Waals surface area contributed by atoms with Gasteiger partial charge in [0, 0.05) is 0 Å². The summed E-state index contributed by atoms with van der Waals surface area (Å²) in [5.41, 5.74) is -0.227. The van der Waals surface area contributed by atoms with Crippen LogP contribution in [0.15, 0.2) is 36.4 Å². The molecule has 0 fully saturated rings. The van der Waals surface area contributed by atoms with Crippen LogP contribution in [-0.2, 0) is 0 Å². The van der Waals surface area contributed by atoms with Crippen LogP contribution in [0, 0.1) is 6.07 Å². The molecule has 3 N–H and O–H groups in total. The van der Waals surface area contributed by atoms with Crippen LogP contribution in [0.2, 0.25) is 0 Å². The lowest BCUT2D eigenvalue weighted by atomic mass is 10.0. The summed E-state index contributed by atoms with van der Waals surface area (Å²) in [4.78, 5) is 12.0. The van der Waals surface area contributed by atoms with E-state index >= 15 is 0 Å². The van der Waals surface area contributed by atoms with E-state index in [1.807, 2.05) is 0 Å². The Morgan fingerprint density at radius 1 is 0.941 bits per heavy atom. The number of aromatic hydroxyl groups is 3. The van der Waals surface area contributed by atoms with E-state index in [4.69, 9.17) is 0 Å².